The van der Waals surface area contributed by atoms with Gasteiger partial charge in [-0.25, -0.2) is 0 Å². The molecule has 0 aromatic heterocycles. The molecule has 4 heteroatoms. The standard InChI is InChI=1S/C14H26N2O2/c1-7-17-13(3,4)11-9-16-12(10-15-11)14(5,6)18-8-2/h7-10H2,1-6H3. The molecule has 0 amide bonds. The van der Waals surface area contributed by atoms with Gasteiger partial charge in [0.15, 0.2) is 0 Å². The van der Waals surface area contributed by atoms with Gasteiger partial charge in [0.25, 0.3) is 0 Å². The lowest BCUT2D eigenvalue weighted by Crippen LogP contribution is -2.44. The Morgan fingerprint density at radius 1 is 0.833 bits per heavy atom. The third-order valence-electron chi connectivity index (χ3n) is 3.24. The van der Waals surface area contributed by atoms with E-state index in [1.54, 1.807) is 0 Å². The van der Waals surface area contributed by atoms with Crippen LogP contribution in [0, 0.1) is 0 Å². The maximum absolute atomic E-state index is 5.71. The van der Waals surface area contributed by atoms with Gasteiger partial charge in [-0.3, -0.25) is 9.98 Å². The molecule has 18 heavy (non-hydrogen) atoms. The molecule has 1 aliphatic heterocycles. The molecule has 4 nitrogen and oxygen atoms in total. The predicted octanol–water partition coefficient (Wildman–Crippen LogP) is 2.51. The Morgan fingerprint density at radius 3 is 1.39 bits per heavy atom. The maximum Gasteiger partial charge on any atom is 0.102 e. The van der Waals surface area contributed by atoms with Crippen molar-refractivity contribution in [1.29, 1.82) is 0 Å². The van der Waals surface area contributed by atoms with Gasteiger partial charge in [0.1, 0.15) is 11.2 Å². The Labute approximate surface area is 110 Å². The molecule has 0 atom stereocenters. The first kappa shape index (κ1) is 15.3. The van der Waals surface area contributed by atoms with Crippen molar-refractivity contribution in [3.05, 3.63) is 0 Å². The summed E-state index contributed by atoms with van der Waals surface area (Å²) in [4.78, 5) is 9.26. The fourth-order valence-corrected chi connectivity index (χ4v) is 2.09. The van der Waals surface area contributed by atoms with Gasteiger partial charge >= 0.3 is 0 Å². The average molecular weight is 254 g/mol. The Balaban J connectivity index is 2.70. The summed E-state index contributed by atoms with van der Waals surface area (Å²) in [7, 11) is 0. The van der Waals surface area contributed by atoms with E-state index in [0.717, 1.165) is 11.4 Å². The Morgan fingerprint density at radius 2 is 1.17 bits per heavy atom. The smallest absolute Gasteiger partial charge is 0.102 e. The fourth-order valence-electron chi connectivity index (χ4n) is 2.09. The Bertz CT molecular complexity index is 310. The van der Waals surface area contributed by atoms with Crippen molar-refractivity contribution in [2.75, 3.05) is 26.3 Å². The minimum atomic E-state index is -0.320. The van der Waals surface area contributed by atoms with Gasteiger partial charge in [-0.2, -0.15) is 0 Å². The summed E-state index contributed by atoms with van der Waals surface area (Å²) in [6.45, 7) is 14.8. The van der Waals surface area contributed by atoms with E-state index in [9.17, 15) is 0 Å². The molecule has 0 aromatic carbocycles. The minimum Gasteiger partial charge on any atom is -0.370 e. The van der Waals surface area contributed by atoms with Crippen molar-refractivity contribution in [3.8, 4) is 0 Å². The quantitative estimate of drug-likeness (QED) is 0.731. The molecular weight excluding hydrogens is 228 g/mol. The molecular formula is C14H26N2O2. The zero-order chi connectivity index (χ0) is 13.8. The van der Waals surface area contributed by atoms with Crippen molar-refractivity contribution in [2.24, 2.45) is 9.98 Å². The molecule has 0 radical (unpaired) electrons. The van der Waals surface area contributed by atoms with Crippen LogP contribution in [0.3, 0.4) is 0 Å². The highest BCUT2D eigenvalue weighted by molar-refractivity contribution is 6.03. The van der Waals surface area contributed by atoms with E-state index in [4.69, 9.17) is 9.47 Å². The van der Waals surface area contributed by atoms with Crippen LogP contribution < -0.4 is 0 Å². The average Bonchev–Trinajstić information content (AvgIpc) is 2.29. The first-order chi connectivity index (χ1) is 8.33. The van der Waals surface area contributed by atoms with Gasteiger partial charge in [-0.05, 0) is 41.5 Å². The van der Waals surface area contributed by atoms with Crippen LogP contribution in [-0.2, 0) is 9.47 Å². The van der Waals surface area contributed by atoms with Crippen molar-refractivity contribution in [2.45, 2.75) is 52.7 Å². The van der Waals surface area contributed by atoms with E-state index in [1.165, 1.54) is 0 Å². The van der Waals surface area contributed by atoms with Crippen molar-refractivity contribution in [1.82, 2.24) is 0 Å². The molecule has 0 bridgehead atoms. The SMILES string of the molecule is CCOC(C)(C)C1=NCC(C(C)(C)OCC)=NC1. The second-order valence-electron chi connectivity index (χ2n) is 5.41. The second-order valence-corrected chi connectivity index (χ2v) is 5.41. The highest BCUT2D eigenvalue weighted by Crippen LogP contribution is 2.19. The first-order valence-electron chi connectivity index (χ1n) is 6.69. The third-order valence-corrected chi connectivity index (χ3v) is 3.24. The van der Waals surface area contributed by atoms with E-state index in [1.807, 2.05) is 41.5 Å². The number of nitrogens with zero attached hydrogens (tertiary/aromatic N) is 2. The summed E-state index contributed by atoms with van der Waals surface area (Å²) in [5.74, 6) is 0. The van der Waals surface area contributed by atoms with E-state index in [-0.39, 0.29) is 11.2 Å². The summed E-state index contributed by atoms with van der Waals surface area (Å²) in [6.07, 6.45) is 0. The monoisotopic (exact) mass is 254 g/mol. The van der Waals surface area contributed by atoms with Crippen LogP contribution in [0.25, 0.3) is 0 Å². The number of ether oxygens (including phenoxy) is 2. The van der Waals surface area contributed by atoms with Gasteiger partial charge in [0.2, 0.25) is 0 Å². The Kier molecular flexibility index (Phi) is 5.05. The molecule has 0 fully saturated rings. The highest BCUT2D eigenvalue weighted by Gasteiger charge is 2.31. The van der Waals surface area contributed by atoms with Gasteiger partial charge in [0, 0.05) is 13.2 Å². The third kappa shape index (κ3) is 3.62. The van der Waals surface area contributed by atoms with Crippen LogP contribution in [0.2, 0.25) is 0 Å². The van der Waals surface area contributed by atoms with Crippen LogP contribution in [0.4, 0.5) is 0 Å². The van der Waals surface area contributed by atoms with Gasteiger partial charge in [-0.15, -0.1) is 0 Å². The first-order valence-corrected chi connectivity index (χ1v) is 6.69. The van der Waals surface area contributed by atoms with Gasteiger partial charge in [0.05, 0.1) is 24.5 Å². The minimum absolute atomic E-state index is 0.320. The normalized spacial score (nSPS) is 17.4. The van der Waals surface area contributed by atoms with Crippen LogP contribution in [0.5, 0.6) is 0 Å². The van der Waals surface area contributed by atoms with Crippen LogP contribution in [0.15, 0.2) is 9.98 Å². The van der Waals surface area contributed by atoms with E-state index < -0.39 is 0 Å². The van der Waals surface area contributed by atoms with Crippen molar-refractivity contribution in [3.63, 3.8) is 0 Å². The number of rotatable bonds is 6. The summed E-state index contributed by atoms with van der Waals surface area (Å²) in [5.41, 5.74) is 1.39. The van der Waals surface area contributed by atoms with Crippen molar-refractivity contribution < 1.29 is 9.47 Å². The molecule has 0 aliphatic carbocycles. The lowest BCUT2D eigenvalue weighted by molar-refractivity contribution is 0.0398. The van der Waals surface area contributed by atoms with Crippen molar-refractivity contribution >= 4 is 11.4 Å². The number of aliphatic imine (C=N–C) groups is 2. The van der Waals surface area contributed by atoms with E-state index in [2.05, 4.69) is 9.98 Å². The molecule has 104 valence electrons. The van der Waals surface area contributed by atoms with Crippen LogP contribution >= 0.6 is 0 Å². The predicted molar refractivity (Wildman–Crippen MR) is 76.0 cm³/mol. The van der Waals surface area contributed by atoms with E-state index in [0.29, 0.717) is 26.3 Å². The highest BCUT2D eigenvalue weighted by atomic mass is 16.5. The lowest BCUT2D eigenvalue weighted by atomic mass is 9.97. The summed E-state index contributed by atoms with van der Waals surface area (Å²) in [5, 5.41) is 0. The molecule has 0 spiro atoms. The molecule has 0 unspecified atom stereocenters. The van der Waals surface area contributed by atoms with E-state index >= 15 is 0 Å². The molecule has 0 N–H and O–H groups in total. The molecule has 0 saturated heterocycles. The van der Waals surface area contributed by atoms with Gasteiger partial charge in [-0.1, -0.05) is 0 Å². The second kappa shape index (κ2) is 5.93. The fraction of sp³-hybridized carbons (Fsp3) is 0.857. The molecule has 0 aromatic rings. The molecule has 1 rings (SSSR count). The zero-order valence-electron chi connectivity index (χ0n) is 12.5. The lowest BCUT2D eigenvalue weighted by Gasteiger charge is -2.32. The topological polar surface area (TPSA) is 43.2 Å². The molecule has 1 heterocycles. The number of hydrogen-bond donors (Lipinski definition) is 0. The number of hydrogen-bond acceptors (Lipinski definition) is 4. The van der Waals surface area contributed by atoms with Gasteiger partial charge < -0.3 is 9.47 Å². The Hall–Kier alpha value is -0.740. The van der Waals surface area contributed by atoms with Crippen LogP contribution in [0.1, 0.15) is 41.5 Å². The largest absolute Gasteiger partial charge is 0.370 e. The van der Waals surface area contributed by atoms with Crippen LogP contribution in [-0.4, -0.2) is 48.9 Å². The maximum atomic E-state index is 5.71. The summed E-state index contributed by atoms with van der Waals surface area (Å²) < 4.78 is 11.4. The summed E-state index contributed by atoms with van der Waals surface area (Å²) >= 11 is 0. The zero-order valence-corrected chi connectivity index (χ0v) is 12.5. The summed E-state index contributed by atoms with van der Waals surface area (Å²) in [6, 6.07) is 0. The molecule has 1 aliphatic rings. The molecule has 0 saturated carbocycles.